The number of aryl methyl sites for hydroxylation is 1. The van der Waals surface area contributed by atoms with E-state index in [1.807, 2.05) is 23.0 Å². The molecule has 1 aliphatic rings. The molecule has 0 saturated carbocycles. The number of thiol groups is 1. The van der Waals surface area contributed by atoms with E-state index < -0.39 is 22.1 Å². The van der Waals surface area contributed by atoms with Crippen LogP contribution in [-0.2, 0) is 14.1 Å². The number of hydrogen-bond acceptors (Lipinski definition) is 5. The molecule has 4 rings (SSSR count). The number of hydrogen-bond donors (Lipinski definition) is 1. The number of nitrogens with zero attached hydrogens (tertiary/aromatic N) is 6. The lowest BCUT2D eigenvalue weighted by Crippen LogP contribution is -2.37. The fourth-order valence-corrected chi connectivity index (χ4v) is 4.21. The van der Waals surface area contributed by atoms with Gasteiger partial charge in [0.25, 0.3) is 5.56 Å². The maximum atomic E-state index is 12.5. The minimum absolute atomic E-state index is 0.234. The normalized spacial score (nSPS) is 14.8. The van der Waals surface area contributed by atoms with Crippen molar-refractivity contribution in [1.29, 1.82) is 0 Å². The molecule has 0 aliphatic carbocycles. The predicted molar refractivity (Wildman–Crippen MR) is 92.7 cm³/mol. The summed E-state index contributed by atoms with van der Waals surface area (Å²) >= 11 is 0. The molecule has 0 saturated heterocycles. The molecular formula is C15H14N6O2S. The Morgan fingerprint density at radius 1 is 1.00 bits per heavy atom. The average Bonchev–Trinajstić information content (AvgIpc) is 3.26. The third-order valence-electron chi connectivity index (χ3n) is 3.82. The Labute approximate surface area is 138 Å². The van der Waals surface area contributed by atoms with Gasteiger partial charge in [-0.25, -0.2) is 24.3 Å². The highest BCUT2D eigenvalue weighted by atomic mass is 32.2. The van der Waals surface area contributed by atoms with Crippen LogP contribution in [0.1, 0.15) is 0 Å². The van der Waals surface area contributed by atoms with Crippen LogP contribution in [0.3, 0.4) is 0 Å². The Hall–Kier alpha value is -2.94. The SMILES string of the molecule is Cn1c(=O)c2nc([SH]3C=CC=C3)n(-c3ncccn3)c2n(C)c1=O. The first-order valence-electron chi connectivity index (χ1n) is 7.19. The summed E-state index contributed by atoms with van der Waals surface area (Å²) in [7, 11) is 2.23. The maximum absolute atomic E-state index is 12.5. The van der Waals surface area contributed by atoms with Gasteiger partial charge in [0.05, 0.1) is 0 Å². The van der Waals surface area contributed by atoms with Gasteiger partial charge in [0.2, 0.25) is 5.95 Å². The van der Waals surface area contributed by atoms with E-state index >= 15 is 0 Å². The second kappa shape index (κ2) is 5.31. The van der Waals surface area contributed by atoms with Crippen molar-refractivity contribution in [2.75, 3.05) is 0 Å². The Morgan fingerprint density at radius 3 is 2.33 bits per heavy atom. The van der Waals surface area contributed by atoms with Crippen molar-refractivity contribution in [1.82, 2.24) is 28.7 Å². The Bertz CT molecular complexity index is 1110. The first kappa shape index (κ1) is 14.6. The molecular weight excluding hydrogens is 328 g/mol. The van der Waals surface area contributed by atoms with Crippen molar-refractivity contribution < 1.29 is 0 Å². The Balaban J connectivity index is 2.20. The van der Waals surface area contributed by atoms with E-state index in [9.17, 15) is 9.59 Å². The number of aromatic nitrogens is 6. The topological polar surface area (TPSA) is 87.6 Å². The van der Waals surface area contributed by atoms with Crippen LogP contribution in [-0.4, -0.2) is 28.7 Å². The van der Waals surface area contributed by atoms with Gasteiger partial charge in [-0.1, -0.05) is 12.2 Å². The summed E-state index contributed by atoms with van der Waals surface area (Å²) in [5.41, 5.74) is -0.202. The van der Waals surface area contributed by atoms with Gasteiger partial charge in [0.1, 0.15) is 0 Å². The summed E-state index contributed by atoms with van der Waals surface area (Å²) in [6.07, 6.45) is 7.12. The average molecular weight is 342 g/mol. The van der Waals surface area contributed by atoms with Crippen molar-refractivity contribution in [3.8, 4) is 5.95 Å². The summed E-state index contributed by atoms with van der Waals surface area (Å²) in [6, 6.07) is 1.71. The van der Waals surface area contributed by atoms with E-state index in [1.165, 1.54) is 11.6 Å². The van der Waals surface area contributed by atoms with Crippen molar-refractivity contribution in [3.63, 3.8) is 0 Å². The van der Waals surface area contributed by atoms with Gasteiger partial charge in [0.15, 0.2) is 16.3 Å². The molecule has 0 N–H and O–H groups in total. The summed E-state index contributed by atoms with van der Waals surface area (Å²) in [4.78, 5) is 38.0. The molecule has 1 aliphatic heterocycles. The highest BCUT2D eigenvalue weighted by molar-refractivity contribution is 8.22. The molecule has 0 amide bonds. The Kier molecular flexibility index (Phi) is 3.24. The monoisotopic (exact) mass is 342 g/mol. The number of fused-ring (bicyclic) bond motifs is 1. The number of rotatable bonds is 2. The van der Waals surface area contributed by atoms with Crippen molar-refractivity contribution >= 4 is 22.1 Å². The highest BCUT2D eigenvalue weighted by Gasteiger charge is 2.23. The third-order valence-corrected chi connectivity index (χ3v) is 5.57. The predicted octanol–water partition coefficient (Wildman–Crippen LogP) is 0.614. The highest BCUT2D eigenvalue weighted by Crippen LogP contribution is 2.42. The molecule has 0 fully saturated rings. The summed E-state index contributed by atoms with van der Waals surface area (Å²) in [5, 5.41) is 4.71. The first-order valence-corrected chi connectivity index (χ1v) is 8.67. The van der Waals surface area contributed by atoms with E-state index in [2.05, 4.69) is 15.0 Å². The molecule has 24 heavy (non-hydrogen) atoms. The van der Waals surface area contributed by atoms with Crippen molar-refractivity contribution in [2.45, 2.75) is 5.16 Å². The molecule has 0 aromatic carbocycles. The van der Waals surface area contributed by atoms with Crippen LogP contribution in [0.5, 0.6) is 0 Å². The standard InChI is InChI=1S/C15H14N6O2S/c1-19-11-10(12(22)20(2)15(19)23)18-14(24-8-3-4-9-24)21(11)13-16-6-5-7-17-13/h3-9,24H,1-2H3. The number of imidazole rings is 1. The first-order chi connectivity index (χ1) is 11.6. The van der Waals surface area contributed by atoms with E-state index in [1.54, 1.807) is 30.1 Å². The van der Waals surface area contributed by atoms with Gasteiger partial charge in [-0.05, 0) is 16.9 Å². The molecule has 122 valence electrons. The van der Waals surface area contributed by atoms with E-state index in [0.717, 1.165) is 4.57 Å². The molecule has 0 spiro atoms. The zero-order valence-electron chi connectivity index (χ0n) is 13.0. The molecule has 8 nitrogen and oxygen atoms in total. The van der Waals surface area contributed by atoms with Gasteiger partial charge in [0, 0.05) is 26.5 Å². The van der Waals surface area contributed by atoms with Crippen LogP contribution >= 0.6 is 10.9 Å². The smallest absolute Gasteiger partial charge is 0.280 e. The van der Waals surface area contributed by atoms with Crippen LogP contribution in [0, 0.1) is 0 Å². The van der Waals surface area contributed by atoms with Crippen LogP contribution in [0.2, 0.25) is 0 Å². The lowest BCUT2D eigenvalue weighted by Gasteiger charge is -2.13. The quantitative estimate of drug-likeness (QED) is 0.690. The van der Waals surface area contributed by atoms with Gasteiger partial charge in [-0.3, -0.25) is 13.9 Å². The molecule has 0 radical (unpaired) electrons. The van der Waals surface area contributed by atoms with Gasteiger partial charge in [-0.2, -0.15) is 10.9 Å². The second-order valence-corrected chi connectivity index (χ2v) is 7.08. The largest absolute Gasteiger partial charge is 0.332 e. The zero-order valence-corrected chi connectivity index (χ0v) is 13.9. The Morgan fingerprint density at radius 2 is 1.67 bits per heavy atom. The van der Waals surface area contributed by atoms with Gasteiger partial charge in [-0.15, -0.1) is 0 Å². The lowest BCUT2D eigenvalue weighted by molar-refractivity contribution is 0.698. The van der Waals surface area contributed by atoms with Crippen LogP contribution in [0.15, 0.2) is 56.2 Å². The molecule has 3 aromatic heterocycles. The zero-order chi connectivity index (χ0) is 16.8. The van der Waals surface area contributed by atoms with Crippen LogP contribution < -0.4 is 11.2 Å². The van der Waals surface area contributed by atoms with E-state index in [0.29, 0.717) is 16.8 Å². The molecule has 0 unspecified atom stereocenters. The second-order valence-electron chi connectivity index (χ2n) is 5.26. The minimum atomic E-state index is -0.828. The number of allylic oxidation sites excluding steroid dienone is 2. The molecule has 0 bridgehead atoms. The third kappa shape index (κ3) is 1.98. The lowest BCUT2D eigenvalue weighted by atomic mass is 10.5. The van der Waals surface area contributed by atoms with Gasteiger partial charge < -0.3 is 0 Å². The summed E-state index contributed by atoms with van der Waals surface area (Å²) in [6.45, 7) is 0. The maximum Gasteiger partial charge on any atom is 0.332 e. The fourth-order valence-electron chi connectivity index (χ4n) is 2.65. The summed E-state index contributed by atoms with van der Waals surface area (Å²) < 4.78 is 4.16. The van der Waals surface area contributed by atoms with Crippen molar-refractivity contribution in [2.24, 2.45) is 14.1 Å². The minimum Gasteiger partial charge on any atom is -0.280 e. The van der Waals surface area contributed by atoms with E-state index in [-0.39, 0.29) is 5.52 Å². The fraction of sp³-hybridized carbons (Fsp3) is 0.133. The molecule has 4 heterocycles. The van der Waals surface area contributed by atoms with Crippen molar-refractivity contribution in [3.05, 3.63) is 62.3 Å². The molecule has 9 heteroatoms. The van der Waals surface area contributed by atoms with Gasteiger partial charge >= 0.3 is 5.69 Å². The summed E-state index contributed by atoms with van der Waals surface area (Å²) in [5.74, 6) is 0.384. The van der Waals surface area contributed by atoms with Crippen LogP contribution in [0.4, 0.5) is 0 Å². The molecule has 3 aromatic rings. The van der Waals surface area contributed by atoms with Crippen LogP contribution in [0.25, 0.3) is 17.1 Å². The molecule has 0 atom stereocenters. The van der Waals surface area contributed by atoms with E-state index in [4.69, 9.17) is 0 Å².